The maximum absolute atomic E-state index is 10.7. The molecule has 0 aliphatic rings. The predicted molar refractivity (Wildman–Crippen MR) is 130 cm³/mol. The molecule has 3 aromatic rings. The van der Waals surface area contributed by atoms with E-state index in [1.165, 1.54) is 12.1 Å². The lowest BCUT2D eigenvalue weighted by Crippen LogP contribution is -2.02. The maximum atomic E-state index is 10.7. The van der Waals surface area contributed by atoms with Crippen molar-refractivity contribution in [2.24, 2.45) is 5.10 Å². The summed E-state index contributed by atoms with van der Waals surface area (Å²) < 4.78 is 12.4. The highest BCUT2D eigenvalue weighted by Gasteiger charge is 2.13. The second-order valence-electron chi connectivity index (χ2n) is 6.47. The van der Waals surface area contributed by atoms with Gasteiger partial charge in [0, 0.05) is 12.1 Å². The molecule has 0 aliphatic carbocycles. The first kappa shape index (κ1) is 23.8. The number of anilines is 1. The summed E-state index contributed by atoms with van der Waals surface area (Å²) in [4.78, 5) is 10.3. The zero-order valence-corrected chi connectivity index (χ0v) is 19.9. The summed E-state index contributed by atoms with van der Waals surface area (Å²) in [6, 6.07) is 14.9. The van der Waals surface area contributed by atoms with Gasteiger partial charge in [0.05, 0.1) is 38.0 Å². The van der Waals surface area contributed by atoms with Crippen LogP contribution in [0.3, 0.4) is 0 Å². The number of nitrogens with zero attached hydrogens (tertiary/aromatic N) is 2. The summed E-state index contributed by atoms with van der Waals surface area (Å²) in [6.45, 7) is 2.62. The quantitative estimate of drug-likeness (QED) is 0.178. The lowest BCUT2D eigenvalue weighted by atomic mass is 10.2. The minimum Gasteiger partial charge on any atom is -0.490 e. The molecule has 3 aromatic carbocycles. The van der Waals surface area contributed by atoms with Crippen molar-refractivity contribution in [1.82, 2.24) is 0 Å². The van der Waals surface area contributed by atoms with Crippen LogP contribution < -0.4 is 14.9 Å². The predicted octanol–water partition coefficient (Wildman–Crippen LogP) is 7.09. The Morgan fingerprint density at radius 1 is 1.09 bits per heavy atom. The Morgan fingerprint density at radius 2 is 1.84 bits per heavy atom. The lowest BCUT2D eigenvalue weighted by molar-refractivity contribution is -0.384. The van der Waals surface area contributed by atoms with Gasteiger partial charge >= 0.3 is 0 Å². The van der Waals surface area contributed by atoms with Crippen LogP contribution in [0.1, 0.15) is 18.1 Å². The third kappa shape index (κ3) is 6.35. The number of hydrogen-bond donors (Lipinski definition) is 1. The smallest absolute Gasteiger partial charge is 0.269 e. The number of benzene rings is 3. The number of rotatable bonds is 9. The van der Waals surface area contributed by atoms with Crippen molar-refractivity contribution in [3.05, 3.63) is 90.4 Å². The summed E-state index contributed by atoms with van der Waals surface area (Å²) in [5.41, 5.74) is 5.10. The van der Waals surface area contributed by atoms with Crippen molar-refractivity contribution in [3.8, 4) is 11.5 Å². The zero-order valence-electron chi connectivity index (χ0n) is 16.8. The summed E-state index contributed by atoms with van der Waals surface area (Å²) >= 11 is 15.6. The van der Waals surface area contributed by atoms with Crippen molar-refractivity contribution in [2.45, 2.75) is 13.5 Å². The van der Waals surface area contributed by atoms with Gasteiger partial charge in [-0.15, -0.1) is 0 Å². The highest BCUT2D eigenvalue weighted by molar-refractivity contribution is 9.10. The number of nitro groups is 1. The van der Waals surface area contributed by atoms with Crippen LogP contribution >= 0.6 is 39.1 Å². The molecular weight excluding hydrogens is 521 g/mol. The molecule has 0 unspecified atom stereocenters. The van der Waals surface area contributed by atoms with Gasteiger partial charge in [-0.25, -0.2) is 0 Å². The lowest BCUT2D eigenvalue weighted by Gasteiger charge is -2.15. The molecule has 0 aliphatic heterocycles. The molecule has 3 rings (SSSR count). The number of halogens is 3. The van der Waals surface area contributed by atoms with E-state index in [0.717, 1.165) is 11.1 Å². The Hall–Kier alpha value is -2.81. The normalized spacial score (nSPS) is 10.9. The van der Waals surface area contributed by atoms with Crippen molar-refractivity contribution in [1.29, 1.82) is 0 Å². The van der Waals surface area contributed by atoms with Gasteiger partial charge in [0.2, 0.25) is 0 Å². The highest BCUT2D eigenvalue weighted by atomic mass is 79.9. The van der Waals surface area contributed by atoms with Gasteiger partial charge in [-0.2, -0.15) is 5.10 Å². The van der Waals surface area contributed by atoms with Crippen LogP contribution in [0.25, 0.3) is 0 Å². The fraction of sp³-hybridized carbons (Fsp3) is 0.136. The molecule has 0 fully saturated rings. The Balaban J connectivity index is 1.73. The van der Waals surface area contributed by atoms with E-state index in [0.29, 0.717) is 38.3 Å². The molecule has 0 radical (unpaired) electrons. The minimum absolute atomic E-state index is 0.0151. The second kappa shape index (κ2) is 11.2. The first-order valence-electron chi connectivity index (χ1n) is 9.44. The van der Waals surface area contributed by atoms with E-state index in [9.17, 15) is 10.1 Å². The van der Waals surface area contributed by atoms with E-state index < -0.39 is 4.92 Å². The van der Waals surface area contributed by atoms with Crippen molar-refractivity contribution >= 4 is 56.7 Å². The minimum atomic E-state index is -0.453. The van der Waals surface area contributed by atoms with E-state index >= 15 is 0 Å². The summed E-state index contributed by atoms with van der Waals surface area (Å²) in [5.74, 6) is 1.11. The molecular formula is C22H18BrCl2N3O4. The van der Waals surface area contributed by atoms with Crippen molar-refractivity contribution in [2.75, 3.05) is 12.0 Å². The largest absolute Gasteiger partial charge is 0.490 e. The first-order valence-corrected chi connectivity index (χ1v) is 11.0. The number of hydrogen-bond acceptors (Lipinski definition) is 6. The van der Waals surface area contributed by atoms with E-state index in [1.54, 1.807) is 36.5 Å². The molecule has 0 bridgehead atoms. The van der Waals surface area contributed by atoms with Crippen LogP contribution in [0, 0.1) is 10.1 Å². The Morgan fingerprint density at radius 3 is 2.50 bits per heavy atom. The molecule has 32 heavy (non-hydrogen) atoms. The van der Waals surface area contributed by atoms with Gasteiger partial charge < -0.3 is 9.47 Å². The van der Waals surface area contributed by atoms with Crippen LogP contribution in [-0.4, -0.2) is 17.7 Å². The van der Waals surface area contributed by atoms with Crippen LogP contribution in [0.5, 0.6) is 11.5 Å². The average Bonchev–Trinajstić information content (AvgIpc) is 2.76. The Bertz CT molecular complexity index is 1140. The molecule has 0 saturated heterocycles. The summed E-state index contributed by atoms with van der Waals surface area (Å²) in [6.07, 6.45) is 1.61. The van der Waals surface area contributed by atoms with Gasteiger partial charge in [-0.05, 0) is 70.4 Å². The number of nitro benzene ring substituents is 1. The molecule has 166 valence electrons. The molecule has 10 heteroatoms. The second-order valence-corrected chi connectivity index (χ2v) is 8.14. The van der Waals surface area contributed by atoms with E-state index in [-0.39, 0.29) is 12.3 Å². The summed E-state index contributed by atoms with van der Waals surface area (Å²) in [5, 5.41) is 15.9. The van der Waals surface area contributed by atoms with E-state index in [1.807, 2.05) is 19.1 Å². The summed E-state index contributed by atoms with van der Waals surface area (Å²) in [7, 11) is 0. The molecule has 1 N–H and O–H groups in total. The van der Waals surface area contributed by atoms with Gasteiger partial charge in [0.1, 0.15) is 6.61 Å². The van der Waals surface area contributed by atoms with Gasteiger partial charge in [-0.1, -0.05) is 29.3 Å². The Labute approximate surface area is 203 Å². The molecule has 7 nitrogen and oxygen atoms in total. The Kier molecular flexibility index (Phi) is 8.33. The van der Waals surface area contributed by atoms with E-state index in [2.05, 4.69) is 26.5 Å². The molecule has 0 spiro atoms. The van der Waals surface area contributed by atoms with Crippen molar-refractivity contribution < 1.29 is 14.4 Å². The van der Waals surface area contributed by atoms with Crippen LogP contribution in [0.2, 0.25) is 10.0 Å². The van der Waals surface area contributed by atoms with Gasteiger partial charge in [0.25, 0.3) is 5.69 Å². The third-order valence-corrected chi connectivity index (χ3v) is 5.51. The van der Waals surface area contributed by atoms with Crippen molar-refractivity contribution in [3.63, 3.8) is 0 Å². The third-order valence-electron chi connectivity index (χ3n) is 4.18. The molecule has 0 aromatic heterocycles. The highest BCUT2D eigenvalue weighted by Crippen LogP contribution is 2.37. The zero-order chi connectivity index (χ0) is 23.1. The van der Waals surface area contributed by atoms with Gasteiger partial charge in [-0.3, -0.25) is 15.5 Å². The molecule has 0 saturated carbocycles. The molecule has 0 amide bonds. The molecule has 0 heterocycles. The number of ether oxygens (including phenoxy) is 2. The molecule has 0 atom stereocenters. The fourth-order valence-electron chi connectivity index (χ4n) is 2.69. The maximum Gasteiger partial charge on any atom is 0.269 e. The number of hydrazone groups is 1. The number of non-ortho nitro benzene ring substituents is 1. The average molecular weight is 539 g/mol. The van der Waals surface area contributed by atoms with Crippen LogP contribution in [0.15, 0.2) is 64.2 Å². The standard InChI is InChI=1S/C22H18BrCl2N3O4/c1-2-31-21-11-15(12-26-27-16-4-6-17(7-5-16)28(29)30)9-18(23)22(21)32-13-14-3-8-19(24)20(25)10-14/h3-12,27H,2,13H2,1H3/b26-12+. The first-order chi connectivity index (χ1) is 15.4. The number of nitrogens with one attached hydrogen (secondary N) is 1. The van der Waals surface area contributed by atoms with E-state index in [4.69, 9.17) is 32.7 Å². The van der Waals surface area contributed by atoms with Gasteiger partial charge in [0.15, 0.2) is 11.5 Å². The van der Waals surface area contributed by atoms with Crippen LogP contribution in [-0.2, 0) is 6.61 Å². The van der Waals surface area contributed by atoms with Crippen LogP contribution in [0.4, 0.5) is 11.4 Å². The monoisotopic (exact) mass is 537 g/mol. The fourth-order valence-corrected chi connectivity index (χ4v) is 3.58. The SMILES string of the molecule is CCOc1cc(/C=N/Nc2ccc([N+](=O)[O-])cc2)cc(Br)c1OCc1ccc(Cl)c(Cl)c1. The topological polar surface area (TPSA) is 86.0 Å².